The molecule has 0 bridgehead atoms. The van der Waals surface area contributed by atoms with Crippen LogP contribution in [0.2, 0.25) is 0 Å². The van der Waals surface area contributed by atoms with Crippen molar-refractivity contribution in [2.75, 3.05) is 19.8 Å². The van der Waals surface area contributed by atoms with Crippen LogP contribution < -0.4 is 0 Å². The van der Waals surface area contributed by atoms with Crippen LogP contribution in [0.1, 0.15) is 5.56 Å². The molecule has 4 nitrogen and oxygen atoms in total. The van der Waals surface area contributed by atoms with Crippen molar-refractivity contribution in [3.8, 4) is 0 Å². The molecular weight excluding hydrogens is 249 g/mol. The summed E-state index contributed by atoms with van der Waals surface area (Å²) in [6, 6.07) is 9.09. The van der Waals surface area contributed by atoms with Crippen molar-refractivity contribution >= 4 is 6.09 Å². The first-order chi connectivity index (χ1) is 9.27. The van der Waals surface area contributed by atoms with E-state index in [-0.39, 0.29) is 18.6 Å². The molecule has 5 heteroatoms. The lowest BCUT2D eigenvalue weighted by Gasteiger charge is -2.20. The van der Waals surface area contributed by atoms with Gasteiger partial charge >= 0.3 is 6.09 Å². The van der Waals surface area contributed by atoms with Crippen LogP contribution in [0.25, 0.3) is 0 Å². The van der Waals surface area contributed by atoms with Gasteiger partial charge in [-0.05, 0) is 5.56 Å². The molecule has 1 saturated heterocycles. The molecule has 1 saturated carbocycles. The summed E-state index contributed by atoms with van der Waals surface area (Å²) in [5.74, 6) is -0.174. The molecule has 1 amide bonds. The van der Waals surface area contributed by atoms with Gasteiger partial charge in [-0.1, -0.05) is 30.3 Å². The first kappa shape index (κ1) is 12.4. The minimum Gasteiger partial charge on any atom is -0.445 e. The van der Waals surface area contributed by atoms with Crippen LogP contribution in [-0.2, 0) is 16.1 Å². The average Bonchev–Trinajstić information content (AvgIpc) is 3.13. The molecule has 2 fully saturated rings. The Kier molecular flexibility index (Phi) is 3.38. The number of carbonyl (C=O) groups is 1. The van der Waals surface area contributed by atoms with Crippen molar-refractivity contribution in [3.63, 3.8) is 0 Å². The van der Waals surface area contributed by atoms with Gasteiger partial charge in [0.05, 0.1) is 19.3 Å². The number of benzene rings is 1. The monoisotopic (exact) mass is 265 g/mol. The normalized spacial score (nSPS) is 29.3. The number of nitrogens with zero attached hydrogens (tertiary/aromatic N) is 1. The summed E-state index contributed by atoms with van der Waals surface area (Å²) in [7, 11) is 0. The van der Waals surface area contributed by atoms with Crippen molar-refractivity contribution in [2.45, 2.75) is 18.8 Å². The number of ether oxygens (including phenoxy) is 2. The van der Waals surface area contributed by atoms with Crippen LogP contribution in [0.15, 0.2) is 30.3 Å². The molecule has 3 rings (SSSR count). The molecule has 3 atom stereocenters. The zero-order valence-electron chi connectivity index (χ0n) is 10.5. The van der Waals surface area contributed by atoms with Crippen LogP contribution >= 0.6 is 0 Å². The molecule has 2 aliphatic rings. The van der Waals surface area contributed by atoms with Gasteiger partial charge in [0.25, 0.3) is 0 Å². The summed E-state index contributed by atoms with van der Waals surface area (Å²) in [5, 5.41) is 0. The molecule has 1 aromatic rings. The molecule has 102 valence electrons. The lowest BCUT2D eigenvalue weighted by Crippen LogP contribution is -2.36. The first-order valence-electron chi connectivity index (χ1n) is 6.46. The molecule has 1 unspecified atom stereocenters. The fraction of sp³-hybridized carbons (Fsp3) is 0.500. The Hall–Kier alpha value is -1.62. The molecule has 1 aromatic carbocycles. The Bertz CT molecular complexity index is 453. The van der Waals surface area contributed by atoms with Crippen molar-refractivity contribution in [1.82, 2.24) is 4.90 Å². The van der Waals surface area contributed by atoms with Crippen molar-refractivity contribution in [3.05, 3.63) is 35.9 Å². The fourth-order valence-corrected chi connectivity index (χ4v) is 2.46. The number of amides is 1. The van der Waals surface area contributed by atoms with E-state index in [2.05, 4.69) is 0 Å². The highest BCUT2D eigenvalue weighted by molar-refractivity contribution is 5.69. The van der Waals surface area contributed by atoms with E-state index >= 15 is 0 Å². The van der Waals surface area contributed by atoms with E-state index < -0.39 is 12.3 Å². The highest BCUT2D eigenvalue weighted by Crippen LogP contribution is 2.41. The van der Waals surface area contributed by atoms with Gasteiger partial charge in [-0.25, -0.2) is 9.18 Å². The molecule has 0 spiro atoms. The summed E-state index contributed by atoms with van der Waals surface area (Å²) in [6.45, 7) is 1.45. The van der Waals surface area contributed by atoms with E-state index in [1.165, 1.54) is 4.90 Å². The van der Waals surface area contributed by atoms with Gasteiger partial charge in [-0.15, -0.1) is 0 Å². The molecule has 19 heavy (non-hydrogen) atoms. The van der Waals surface area contributed by atoms with E-state index in [4.69, 9.17) is 9.47 Å². The van der Waals surface area contributed by atoms with Crippen molar-refractivity contribution in [1.29, 1.82) is 0 Å². The Labute approximate surface area is 111 Å². The number of alkyl halides is 1. The second-order valence-corrected chi connectivity index (χ2v) is 4.91. The van der Waals surface area contributed by atoms with Gasteiger partial charge in [-0.2, -0.15) is 0 Å². The number of hydrogen-bond acceptors (Lipinski definition) is 3. The smallest absolute Gasteiger partial charge is 0.410 e. The third-order valence-corrected chi connectivity index (χ3v) is 3.62. The highest BCUT2D eigenvalue weighted by atomic mass is 19.1. The zero-order chi connectivity index (χ0) is 13.2. The second-order valence-electron chi connectivity index (χ2n) is 4.91. The highest BCUT2D eigenvalue weighted by Gasteiger charge is 2.57. The van der Waals surface area contributed by atoms with Crippen LogP contribution in [0, 0.1) is 5.92 Å². The summed E-state index contributed by atoms with van der Waals surface area (Å²) >= 11 is 0. The molecular formula is C14H16FNO3. The summed E-state index contributed by atoms with van der Waals surface area (Å²) in [4.78, 5) is 13.5. The first-order valence-corrected chi connectivity index (χ1v) is 6.46. The topological polar surface area (TPSA) is 38.8 Å². The molecule has 0 N–H and O–H groups in total. The Morgan fingerprint density at radius 1 is 1.42 bits per heavy atom. The number of fused-ring (bicyclic) bond motifs is 1. The second kappa shape index (κ2) is 5.17. The van der Waals surface area contributed by atoms with Gasteiger partial charge in [0.2, 0.25) is 0 Å². The summed E-state index contributed by atoms with van der Waals surface area (Å²) < 4.78 is 24.0. The Morgan fingerprint density at radius 2 is 2.21 bits per heavy atom. The predicted octanol–water partition coefficient (Wildman–Crippen LogP) is 1.99. The zero-order valence-corrected chi connectivity index (χ0v) is 10.5. The van der Waals surface area contributed by atoms with E-state index in [9.17, 15) is 9.18 Å². The van der Waals surface area contributed by atoms with Crippen molar-refractivity contribution in [2.24, 2.45) is 5.92 Å². The van der Waals surface area contributed by atoms with E-state index in [0.29, 0.717) is 19.8 Å². The molecule has 1 aliphatic carbocycles. The summed E-state index contributed by atoms with van der Waals surface area (Å²) in [5.41, 5.74) is 0.922. The van der Waals surface area contributed by atoms with Crippen LogP contribution in [0.3, 0.4) is 0 Å². The number of halogens is 1. The van der Waals surface area contributed by atoms with E-state index in [1.807, 2.05) is 30.3 Å². The fourth-order valence-electron chi connectivity index (χ4n) is 2.46. The van der Waals surface area contributed by atoms with Gasteiger partial charge in [-0.3, -0.25) is 4.90 Å². The minimum atomic E-state index is -0.968. The Balaban J connectivity index is 1.58. The summed E-state index contributed by atoms with van der Waals surface area (Å²) in [6.07, 6.45) is -1.42. The third-order valence-electron chi connectivity index (χ3n) is 3.62. The quantitative estimate of drug-likeness (QED) is 0.821. The van der Waals surface area contributed by atoms with Crippen molar-refractivity contribution < 1.29 is 18.7 Å². The molecule has 1 heterocycles. The van der Waals surface area contributed by atoms with Gasteiger partial charge in [0.15, 0.2) is 0 Å². The number of carbonyl (C=O) groups excluding carboxylic acids is 1. The standard InChI is InChI=1S/C14H16FNO3/c15-12-11-9-18-7-6-16(13(11)12)14(17)19-8-10-4-2-1-3-5-10/h1-5,11-13H,6-9H2/t11?,12-,13+/m1/s1. The lowest BCUT2D eigenvalue weighted by molar-refractivity contribution is 0.0769. The van der Waals surface area contributed by atoms with E-state index in [1.54, 1.807) is 0 Å². The maximum Gasteiger partial charge on any atom is 0.410 e. The molecule has 0 aromatic heterocycles. The molecule has 0 radical (unpaired) electrons. The largest absolute Gasteiger partial charge is 0.445 e. The number of hydrogen-bond donors (Lipinski definition) is 0. The predicted molar refractivity (Wildman–Crippen MR) is 66.3 cm³/mol. The third kappa shape index (κ3) is 2.56. The number of rotatable bonds is 2. The minimum absolute atomic E-state index is 0.174. The van der Waals surface area contributed by atoms with Gasteiger partial charge < -0.3 is 9.47 Å². The Morgan fingerprint density at radius 3 is 3.00 bits per heavy atom. The molecule has 1 aliphatic heterocycles. The van der Waals surface area contributed by atoms with Crippen LogP contribution in [0.4, 0.5) is 9.18 Å². The lowest BCUT2D eigenvalue weighted by atomic mass is 10.2. The van der Waals surface area contributed by atoms with Crippen LogP contribution in [0.5, 0.6) is 0 Å². The maximum absolute atomic E-state index is 13.5. The van der Waals surface area contributed by atoms with Crippen LogP contribution in [-0.4, -0.2) is 43.0 Å². The SMILES string of the molecule is O=C(OCc1ccccc1)N1CCOCC2[C@@H](F)[C@H]21. The van der Waals surface area contributed by atoms with Gasteiger partial charge in [0, 0.05) is 12.5 Å². The van der Waals surface area contributed by atoms with Gasteiger partial charge in [0.1, 0.15) is 12.8 Å². The average molecular weight is 265 g/mol. The van der Waals surface area contributed by atoms with E-state index in [0.717, 1.165) is 5.56 Å². The maximum atomic E-state index is 13.5.